The van der Waals surface area contributed by atoms with Gasteiger partial charge in [0.2, 0.25) is 0 Å². The molecular formula is C21H15FN2O4S. The highest BCUT2D eigenvalue weighted by atomic mass is 32.2. The molecule has 146 valence electrons. The minimum absolute atomic E-state index is 0.143. The van der Waals surface area contributed by atoms with Crippen molar-refractivity contribution in [1.82, 2.24) is 9.47 Å². The minimum Gasteiger partial charge on any atom is -0.480 e. The molecule has 0 unspecified atom stereocenters. The molecule has 0 bridgehead atoms. The number of carboxylic acids is 1. The van der Waals surface area contributed by atoms with Gasteiger partial charge in [0.25, 0.3) is 11.1 Å². The van der Waals surface area contributed by atoms with E-state index in [0.717, 1.165) is 22.0 Å². The topological polar surface area (TPSA) is 79.6 Å². The predicted octanol–water partition coefficient (Wildman–Crippen LogP) is 4.10. The molecule has 0 atom stereocenters. The van der Waals surface area contributed by atoms with Gasteiger partial charge in [0, 0.05) is 28.2 Å². The van der Waals surface area contributed by atoms with Gasteiger partial charge in [-0.2, -0.15) is 0 Å². The van der Waals surface area contributed by atoms with Crippen LogP contribution in [0.3, 0.4) is 0 Å². The van der Waals surface area contributed by atoms with Crippen LogP contribution in [0.5, 0.6) is 0 Å². The van der Waals surface area contributed by atoms with Crippen molar-refractivity contribution in [2.24, 2.45) is 0 Å². The van der Waals surface area contributed by atoms with Crippen molar-refractivity contribution in [3.05, 3.63) is 76.6 Å². The lowest BCUT2D eigenvalue weighted by molar-refractivity contribution is -0.137. The monoisotopic (exact) mass is 410 g/mol. The Balaban J connectivity index is 1.67. The second kappa shape index (κ2) is 7.56. The van der Waals surface area contributed by atoms with E-state index >= 15 is 0 Å². The number of benzene rings is 2. The first kappa shape index (κ1) is 18.9. The third-order valence-corrected chi connectivity index (χ3v) is 5.48. The van der Waals surface area contributed by atoms with Crippen molar-refractivity contribution in [2.75, 3.05) is 0 Å². The van der Waals surface area contributed by atoms with Crippen LogP contribution < -0.4 is 0 Å². The van der Waals surface area contributed by atoms with Gasteiger partial charge in [0.15, 0.2) is 0 Å². The number of para-hydroxylation sites is 1. The molecule has 3 aromatic rings. The summed E-state index contributed by atoms with van der Waals surface area (Å²) in [6.45, 7) is -0.363. The van der Waals surface area contributed by atoms with Gasteiger partial charge in [-0.05, 0) is 30.0 Å². The summed E-state index contributed by atoms with van der Waals surface area (Å²) in [5, 5.41) is 9.42. The normalized spacial score (nSPS) is 15.6. The van der Waals surface area contributed by atoms with E-state index in [0.29, 0.717) is 11.1 Å². The van der Waals surface area contributed by atoms with Crippen LogP contribution in [0, 0.1) is 5.82 Å². The van der Waals surface area contributed by atoms with Gasteiger partial charge in [-0.25, -0.2) is 4.39 Å². The predicted molar refractivity (Wildman–Crippen MR) is 107 cm³/mol. The maximum atomic E-state index is 13.9. The van der Waals surface area contributed by atoms with Crippen molar-refractivity contribution in [3.63, 3.8) is 0 Å². The summed E-state index contributed by atoms with van der Waals surface area (Å²) in [4.78, 5) is 37.4. The molecule has 0 aliphatic carbocycles. The zero-order valence-corrected chi connectivity index (χ0v) is 15.9. The Labute approximate surface area is 169 Å². The first-order valence-electron chi connectivity index (χ1n) is 8.72. The van der Waals surface area contributed by atoms with Gasteiger partial charge in [0.1, 0.15) is 12.4 Å². The average molecular weight is 410 g/mol. The zero-order valence-electron chi connectivity index (χ0n) is 15.0. The highest BCUT2D eigenvalue weighted by molar-refractivity contribution is 8.18. The fraction of sp³-hybridized carbons (Fsp3) is 0.0952. The van der Waals surface area contributed by atoms with E-state index in [2.05, 4.69) is 0 Å². The lowest BCUT2D eigenvalue weighted by Crippen LogP contribution is -2.27. The van der Waals surface area contributed by atoms with Gasteiger partial charge in [-0.3, -0.25) is 19.3 Å². The minimum atomic E-state index is -0.984. The Morgan fingerprint density at radius 1 is 1.10 bits per heavy atom. The van der Waals surface area contributed by atoms with E-state index in [1.54, 1.807) is 41.1 Å². The van der Waals surface area contributed by atoms with E-state index in [4.69, 9.17) is 5.11 Å². The lowest BCUT2D eigenvalue weighted by Gasteiger charge is -2.12. The Bertz CT molecular complexity index is 1180. The molecule has 0 spiro atoms. The summed E-state index contributed by atoms with van der Waals surface area (Å²) in [6, 6.07) is 13.2. The number of carbonyl (C=O) groups is 3. The van der Waals surface area contributed by atoms with Crippen LogP contribution in [0.2, 0.25) is 0 Å². The van der Waals surface area contributed by atoms with Crippen LogP contribution in [-0.2, 0) is 22.7 Å². The largest absolute Gasteiger partial charge is 0.480 e. The van der Waals surface area contributed by atoms with Crippen LogP contribution >= 0.6 is 11.8 Å². The lowest BCUT2D eigenvalue weighted by atomic mass is 10.1. The summed E-state index contributed by atoms with van der Waals surface area (Å²) in [6.07, 6.45) is 3.22. The molecule has 1 fully saturated rings. The number of amides is 2. The van der Waals surface area contributed by atoms with Gasteiger partial charge in [-0.15, -0.1) is 0 Å². The number of fused-ring (bicyclic) bond motifs is 1. The standard InChI is InChI=1S/C21H15FN2O4S/c22-16-7-3-1-5-13(16)11-24-20(27)18(29-21(24)28)9-14-10-23(12-19(25)26)17-8-4-2-6-15(14)17/h1-10H,11-12H2,(H,25,26)/b18-9-. The molecule has 1 aliphatic rings. The number of hydrogen-bond donors (Lipinski definition) is 1. The summed E-state index contributed by atoms with van der Waals surface area (Å²) >= 11 is 0.784. The van der Waals surface area contributed by atoms with Crippen molar-refractivity contribution in [2.45, 2.75) is 13.1 Å². The molecule has 1 aliphatic heterocycles. The number of imide groups is 1. The molecule has 2 aromatic carbocycles. The second-order valence-corrected chi connectivity index (χ2v) is 7.48. The summed E-state index contributed by atoms with van der Waals surface area (Å²) in [5.74, 6) is -1.96. The van der Waals surface area contributed by atoms with E-state index in [9.17, 15) is 18.8 Å². The number of nitrogens with zero attached hydrogens (tertiary/aromatic N) is 2. The molecule has 0 radical (unpaired) electrons. The molecule has 2 amide bonds. The number of hydrogen-bond acceptors (Lipinski definition) is 4. The molecule has 0 saturated carbocycles. The Kier molecular flexibility index (Phi) is 4.94. The molecular weight excluding hydrogens is 395 g/mol. The fourth-order valence-corrected chi connectivity index (χ4v) is 4.07. The number of thioether (sulfide) groups is 1. The summed E-state index contributed by atoms with van der Waals surface area (Å²) in [7, 11) is 0. The Morgan fingerprint density at radius 2 is 1.83 bits per heavy atom. The van der Waals surface area contributed by atoms with Gasteiger partial charge >= 0.3 is 5.97 Å². The number of halogens is 1. The van der Waals surface area contributed by atoms with Crippen LogP contribution in [-0.4, -0.2) is 31.7 Å². The molecule has 1 saturated heterocycles. The second-order valence-electron chi connectivity index (χ2n) is 6.48. The Hall–Kier alpha value is -3.39. The SMILES string of the molecule is O=C(O)Cn1cc(/C=C2\SC(=O)N(Cc3ccccc3F)C2=O)c2ccccc21. The highest BCUT2D eigenvalue weighted by Crippen LogP contribution is 2.35. The van der Waals surface area contributed by atoms with Crippen LogP contribution in [0.4, 0.5) is 9.18 Å². The smallest absolute Gasteiger partial charge is 0.323 e. The number of carbonyl (C=O) groups excluding carboxylic acids is 2. The van der Waals surface area contributed by atoms with Crippen LogP contribution in [0.1, 0.15) is 11.1 Å². The number of rotatable bonds is 5. The molecule has 1 N–H and O–H groups in total. The molecule has 8 heteroatoms. The van der Waals surface area contributed by atoms with Crippen molar-refractivity contribution in [1.29, 1.82) is 0 Å². The van der Waals surface area contributed by atoms with Gasteiger partial charge in [-0.1, -0.05) is 36.4 Å². The molecule has 2 heterocycles. The number of aromatic nitrogens is 1. The summed E-state index contributed by atoms with van der Waals surface area (Å²) < 4.78 is 15.5. The van der Waals surface area contributed by atoms with E-state index < -0.39 is 22.9 Å². The Morgan fingerprint density at radius 3 is 2.59 bits per heavy atom. The number of carboxylic acid groups (broad SMARTS) is 1. The first-order chi connectivity index (χ1) is 13.9. The van der Waals surface area contributed by atoms with Crippen molar-refractivity contribution >= 4 is 45.9 Å². The van der Waals surface area contributed by atoms with E-state index in [-0.39, 0.29) is 23.6 Å². The molecule has 6 nitrogen and oxygen atoms in total. The van der Waals surface area contributed by atoms with Crippen molar-refractivity contribution < 1.29 is 23.9 Å². The molecule has 1 aromatic heterocycles. The molecule has 29 heavy (non-hydrogen) atoms. The van der Waals surface area contributed by atoms with E-state index in [1.807, 2.05) is 12.1 Å². The fourth-order valence-electron chi connectivity index (χ4n) is 3.24. The maximum absolute atomic E-state index is 13.9. The summed E-state index contributed by atoms with van der Waals surface area (Å²) in [5.41, 5.74) is 1.61. The van der Waals surface area contributed by atoms with Gasteiger partial charge in [0.05, 0.1) is 11.4 Å². The third-order valence-electron chi connectivity index (χ3n) is 4.57. The van der Waals surface area contributed by atoms with Gasteiger partial charge < -0.3 is 9.67 Å². The average Bonchev–Trinajstić information content (AvgIpc) is 3.15. The van der Waals surface area contributed by atoms with Crippen molar-refractivity contribution in [3.8, 4) is 0 Å². The number of aliphatic carboxylic acids is 1. The van der Waals surface area contributed by atoms with Crippen LogP contribution in [0.25, 0.3) is 17.0 Å². The quantitative estimate of drug-likeness (QED) is 0.641. The molecule has 4 rings (SSSR count). The first-order valence-corrected chi connectivity index (χ1v) is 9.54. The van der Waals surface area contributed by atoms with E-state index in [1.165, 1.54) is 12.1 Å². The van der Waals surface area contributed by atoms with Crippen LogP contribution in [0.15, 0.2) is 59.6 Å². The zero-order chi connectivity index (χ0) is 20.5. The highest BCUT2D eigenvalue weighted by Gasteiger charge is 2.35. The maximum Gasteiger partial charge on any atom is 0.323 e. The third kappa shape index (κ3) is 3.66.